The van der Waals surface area contributed by atoms with Gasteiger partial charge in [-0.05, 0) is 35.0 Å². The number of carbonyl (C=O) groups is 1. The van der Waals surface area contributed by atoms with Crippen LogP contribution in [0.15, 0.2) is 164 Å². The molecule has 8 aromatic rings. The summed E-state index contributed by atoms with van der Waals surface area (Å²) < 4.78 is 343. The molecule has 432 valence electrons. The summed E-state index contributed by atoms with van der Waals surface area (Å²) in [5, 5.41) is 2.02. The molecule has 0 N–H and O–H groups in total. The fraction of sp³-hybridized carbons (Fsp3) is 0.167. The zero-order valence-corrected chi connectivity index (χ0v) is 40.2. The minimum atomic E-state index is -6.13. The first kappa shape index (κ1) is 61.6. The fourth-order valence-corrected chi connectivity index (χ4v) is 9.13. The fourth-order valence-electron chi connectivity index (χ4n) is 9.13. The third-order valence-electron chi connectivity index (χ3n) is 12.7. The van der Waals surface area contributed by atoms with E-state index in [1.807, 2.05) is 71.4 Å². The maximum absolute atomic E-state index is 14.2. The molecule has 0 amide bonds. The molecular formula is C54H29BF24N2O. The Bertz CT molecular complexity index is 3200. The van der Waals surface area contributed by atoms with Gasteiger partial charge in [-0.2, -0.15) is 132 Å². The normalized spacial score (nSPS) is 13.2. The third-order valence-corrected chi connectivity index (χ3v) is 12.7. The highest BCUT2D eigenvalue weighted by atomic mass is 19.4. The number of carbonyl (C=O) groups excluding carboxylic acids is 1. The lowest BCUT2D eigenvalue weighted by Crippen LogP contribution is -2.75. The molecule has 0 atom stereocenters. The van der Waals surface area contributed by atoms with Gasteiger partial charge in [-0.1, -0.05) is 121 Å². The zero-order valence-electron chi connectivity index (χ0n) is 40.2. The lowest BCUT2D eigenvalue weighted by Gasteiger charge is -2.46. The van der Waals surface area contributed by atoms with Crippen LogP contribution in [0.5, 0.6) is 0 Å². The van der Waals surface area contributed by atoms with Gasteiger partial charge in [0.1, 0.15) is 12.3 Å². The van der Waals surface area contributed by atoms with E-state index in [-0.39, 0.29) is 5.78 Å². The van der Waals surface area contributed by atoms with Crippen LogP contribution in [0, 0.1) is 0 Å². The van der Waals surface area contributed by atoms with Gasteiger partial charge in [0.05, 0.1) is 50.7 Å². The molecule has 0 aliphatic heterocycles. The second-order valence-corrected chi connectivity index (χ2v) is 18.2. The second kappa shape index (κ2) is 21.7. The molecule has 1 aromatic heterocycles. The van der Waals surface area contributed by atoms with Gasteiger partial charge in [-0.3, -0.25) is 9.78 Å². The molecule has 0 saturated heterocycles. The van der Waals surface area contributed by atoms with Gasteiger partial charge in [-0.15, -0.1) is 0 Å². The number of ketones is 1. The van der Waals surface area contributed by atoms with E-state index in [4.69, 9.17) is 0 Å². The van der Waals surface area contributed by atoms with Crippen LogP contribution in [0.1, 0.15) is 66.1 Å². The van der Waals surface area contributed by atoms with Crippen LogP contribution in [0.2, 0.25) is 0 Å². The highest BCUT2D eigenvalue weighted by Crippen LogP contribution is 2.41. The van der Waals surface area contributed by atoms with Crippen molar-refractivity contribution in [1.82, 2.24) is 4.98 Å². The van der Waals surface area contributed by atoms with Crippen molar-refractivity contribution in [3.05, 3.63) is 226 Å². The van der Waals surface area contributed by atoms with E-state index in [2.05, 4.69) is 17.1 Å². The summed E-state index contributed by atoms with van der Waals surface area (Å²) in [6, 6.07) is 15.1. The van der Waals surface area contributed by atoms with Crippen LogP contribution < -0.4 is 26.4 Å². The predicted octanol–water partition coefficient (Wildman–Crippen LogP) is 15.0. The van der Waals surface area contributed by atoms with Crippen molar-refractivity contribution in [1.29, 1.82) is 0 Å². The van der Waals surface area contributed by atoms with Crippen molar-refractivity contribution in [3.8, 4) is 0 Å². The summed E-state index contributed by atoms with van der Waals surface area (Å²) in [6.45, 7) is 0.634. The minimum Gasteiger partial charge on any atom is -0.282 e. The molecule has 82 heavy (non-hydrogen) atoms. The quantitative estimate of drug-likeness (QED) is 0.0658. The van der Waals surface area contributed by atoms with Gasteiger partial charge in [0.25, 0.3) is 11.5 Å². The number of fused-ring (bicyclic) bond motifs is 1. The second-order valence-electron chi connectivity index (χ2n) is 18.2. The van der Waals surface area contributed by atoms with Crippen molar-refractivity contribution in [2.24, 2.45) is 0 Å². The first-order valence-electron chi connectivity index (χ1n) is 22.8. The summed E-state index contributed by atoms with van der Waals surface area (Å²) in [6.07, 6.45) is -49.6. The standard InChI is InChI=1S/C32H12BF24.C22H17N2O/c34-25(35,36)13-1-14(26(37,38)39)6-21(5-13)33(22-7-15(27(40,41)42)2-16(8-22)28(43,44)45,23-9-17(29(46,47)48)3-18(10-23)30(49,50)51)24-11-19(31(52,53)54)4-20(12-24)32(55,56)57;25-22(20-12-6-10-18-9-4-5-11-19(18)20)21-15-23-13-14-24(21)16-17-7-2-1-3-8-17/h1-12H;1-15H,16H2/q-1;+1. The average Bonchev–Trinajstić information content (AvgIpc) is 3.08. The Morgan fingerprint density at radius 3 is 1.01 bits per heavy atom. The highest BCUT2D eigenvalue weighted by Gasteiger charge is 2.47. The largest absolute Gasteiger partial charge is 0.416 e. The molecule has 0 unspecified atom stereocenters. The monoisotopic (exact) mass is 1190 g/mol. The molecule has 0 bridgehead atoms. The first-order chi connectivity index (χ1) is 37.6. The Kier molecular flexibility index (Phi) is 16.3. The molecule has 28 heteroatoms. The Balaban J connectivity index is 0.000000318. The van der Waals surface area contributed by atoms with Gasteiger partial charge >= 0.3 is 49.4 Å². The van der Waals surface area contributed by atoms with Crippen LogP contribution in [0.25, 0.3) is 10.8 Å². The van der Waals surface area contributed by atoms with Crippen molar-refractivity contribution in [2.75, 3.05) is 0 Å². The molecule has 0 fully saturated rings. The number of hydrogen-bond donors (Lipinski definition) is 0. The number of halogens is 24. The summed E-state index contributed by atoms with van der Waals surface area (Å²) >= 11 is 0. The Labute approximate surface area is 445 Å². The lowest BCUT2D eigenvalue weighted by molar-refractivity contribution is -0.690. The molecule has 8 rings (SSSR count). The van der Waals surface area contributed by atoms with Crippen molar-refractivity contribution < 1.29 is 115 Å². The van der Waals surface area contributed by atoms with Gasteiger partial charge in [-0.25, -0.2) is 0 Å². The van der Waals surface area contributed by atoms with Crippen LogP contribution in [0.4, 0.5) is 105 Å². The van der Waals surface area contributed by atoms with Crippen molar-refractivity contribution in [2.45, 2.75) is 56.0 Å². The molecule has 0 radical (unpaired) electrons. The smallest absolute Gasteiger partial charge is 0.282 e. The highest BCUT2D eigenvalue weighted by molar-refractivity contribution is 7.20. The maximum Gasteiger partial charge on any atom is 0.416 e. The SMILES string of the molecule is FC(F)(F)c1cc([B-](c2cc(C(F)(F)F)cc(C(F)(F)F)c2)(c2cc(C(F)(F)F)cc(C(F)(F)F)c2)c2cc(C(F)(F)F)cc(C(F)(F)F)c2)cc(C(F)(F)F)c1.O=C(c1cccc2ccccc12)c1cncc[n+]1Cc1ccccc1. The van der Waals surface area contributed by atoms with Gasteiger partial charge < -0.3 is 0 Å². The summed E-state index contributed by atoms with van der Waals surface area (Å²) in [7, 11) is 0. The summed E-state index contributed by atoms with van der Waals surface area (Å²) in [5.41, 5.74) is -27.8. The van der Waals surface area contributed by atoms with E-state index < -0.39 is 195 Å². The maximum atomic E-state index is 14.2. The van der Waals surface area contributed by atoms with Gasteiger partial charge in [0.2, 0.25) is 0 Å². The van der Waals surface area contributed by atoms with Gasteiger partial charge in [0.15, 0.2) is 12.7 Å². The zero-order chi connectivity index (χ0) is 61.0. The summed E-state index contributed by atoms with van der Waals surface area (Å²) in [5.74, 6) is -0.0131. The molecule has 7 aromatic carbocycles. The van der Waals surface area contributed by atoms with Crippen LogP contribution in [-0.2, 0) is 56.0 Å². The lowest BCUT2D eigenvalue weighted by atomic mass is 9.12. The van der Waals surface area contributed by atoms with E-state index in [9.17, 15) is 110 Å². The molecule has 0 saturated carbocycles. The average molecular weight is 1190 g/mol. The third kappa shape index (κ3) is 13.5. The molecule has 1 heterocycles. The van der Waals surface area contributed by atoms with Crippen molar-refractivity contribution >= 4 is 44.6 Å². The Hall–Kier alpha value is -8.07. The van der Waals surface area contributed by atoms with Crippen LogP contribution >= 0.6 is 0 Å². The number of hydrogen-bond acceptors (Lipinski definition) is 2. The Morgan fingerprint density at radius 1 is 0.378 bits per heavy atom. The first-order valence-corrected chi connectivity index (χ1v) is 22.8. The Morgan fingerprint density at radius 2 is 0.683 bits per heavy atom. The summed E-state index contributed by atoms with van der Waals surface area (Å²) in [4.78, 5) is 17.4. The van der Waals surface area contributed by atoms with Gasteiger partial charge in [0, 0.05) is 11.1 Å². The molecule has 0 spiro atoms. The van der Waals surface area contributed by atoms with Crippen LogP contribution in [-0.4, -0.2) is 16.9 Å². The van der Waals surface area contributed by atoms with Crippen LogP contribution in [0.3, 0.4) is 0 Å². The van der Waals surface area contributed by atoms with E-state index in [0.717, 1.165) is 16.3 Å². The molecule has 0 aliphatic carbocycles. The predicted molar refractivity (Wildman–Crippen MR) is 247 cm³/mol. The van der Waals surface area contributed by atoms with Crippen molar-refractivity contribution in [3.63, 3.8) is 0 Å². The number of nitrogens with zero attached hydrogens (tertiary/aromatic N) is 2. The minimum absolute atomic E-state index is 0.0131. The van der Waals surface area contributed by atoms with E-state index >= 15 is 0 Å². The number of benzene rings is 7. The number of alkyl halides is 24. The number of aromatic nitrogens is 2. The number of rotatable bonds is 8. The van der Waals surface area contributed by atoms with E-state index in [1.165, 1.54) is 0 Å². The molecular weight excluding hydrogens is 1160 g/mol. The van der Waals surface area contributed by atoms with E-state index in [0.29, 0.717) is 17.8 Å². The topological polar surface area (TPSA) is 33.8 Å². The molecule has 0 aliphatic rings. The molecule has 3 nitrogen and oxygen atoms in total. The van der Waals surface area contributed by atoms with E-state index in [1.54, 1.807) is 12.4 Å².